The maximum absolute atomic E-state index is 13.9. The number of nitrogen functional groups attached to an aromatic ring is 1. The van der Waals surface area contributed by atoms with Gasteiger partial charge in [0, 0.05) is 19.1 Å². The molecule has 156 valence electrons. The number of hydrogen-bond acceptors (Lipinski definition) is 7. The number of nitrogens with zero attached hydrogens (tertiary/aromatic N) is 2. The topological polar surface area (TPSA) is 97.6 Å². The van der Waals surface area contributed by atoms with Crippen LogP contribution in [0.2, 0.25) is 0 Å². The van der Waals surface area contributed by atoms with Crippen molar-refractivity contribution in [1.29, 1.82) is 0 Å². The Hall–Kier alpha value is -2.75. The molecule has 1 aliphatic rings. The molecule has 2 aromatic rings. The van der Waals surface area contributed by atoms with Crippen molar-refractivity contribution in [3.63, 3.8) is 0 Å². The molecule has 1 fully saturated rings. The van der Waals surface area contributed by atoms with Gasteiger partial charge in [0.1, 0.15) is 27.9 Å². The molecule has 1 amide bonds. The molecule has 0 saturated carbocycles. The summed E-state index contributed by atoms with van der Waals surface area (Å²) in [5, 5.41) is 3.47. The van der Waals surface area contributed by atoms with Gasteiger partial charge in [0.25, 0.3) is 0 Å². The van der Waals surface area contributed by atoms with Gasteiger partial charge < -0.3 is 20.7 Å². The number of rotatable bonds is 4. The average molecular weight is 424 g/mol. The first kappa shape index (κ1) is 21.0. The second-order valence-corrected chi connectivity index (χ2v) is 8.71. The number of nitrogens with one attached hydrogen (secondary N) is 1. The molecule has 3 rings (SSSR count). The second kappa shape index (κ2) is 7.94. The highest BCUT2D eigenvalue weighted by atomic mass is 32.1. The SMILES string of the molecule is CC(C)(C)OC(=O)N1CC[C@H](Nc2nc(N)c(C(=O)c3c(F)cccc3F)s2)C1. The monoisotopic (exact) mass is 424 g/mol. The van der Waals surface area contributed by atoms with Gasteiger partial charge in [-0.15, -0.1) is 0 Å². The van der Waals surface area contributed by atoms with Crippen molar-refractivity contribution < 1.29 is 23.1 Å². The van der Waals surface area contributed by atoms with E-state index < -0.39 is 34.7 Å². The summed E-state index contributed by atoms with van der Waals surface area (Å²) in [7, 11) is 0. The van der Waals surface area contributed by atoms with Crippen LogP contribution in [-0.4, -0.2) is 46.5 Å². The summed E-state index contributed by atoms with van der Waals surface area (Å²) in [5.74, 6) is -2.88. The fourth-order valence-corrected chi connectivity index (χ4v) is 3.84. The Morgan fingerprint density at radius 1 is 1.31 bits per heavy atom. The molecule has 0 aliphatic carbocycles. The Morgan fingerprint density at radius 3 is 2.59 bits per heavy atom. The standard InChI is InChI=1S/C19H22F2N4O3S/c1-19(2,3)28-18(27)25-8-7-10(9-25)23-17-24-16(22)15(29-17)14(26)13-11(20)5-4-6-12(13)21/h4-6,10H,7-9,22H2,1-3H3,(H,23,24)/t10-/m0/s1. The first-order valence-electron chi connectivity index (χ1n) is 9.04. The molecular formula is C19H22F2N4O3S. The van der Waals surface area contributed by atoms with Crippen LogP contribution in [0.1, 0.15) is 42.4 Å². The number of hydrogen-bond donors (Lipinski definition) is 2. The molecule has 0 radical (unpaired) electrons. The third kappa shape index (κ3) is 4.81. The number of amides is 1. The summed E-state index contributed by atoms with van der Waals surface area (Å²) in [5.41, 5.74) is 4.57. The van der Waals surface area contributed by atoms with E-state index in [4.69, 9.17) is 10.5 Å². The lowest BCUT2D eigenvalue weighted by Crippen LogP contribution is -2.36. The summed E-state index contributed by atoms with van der Waals surface area (Å²) in [6.45, 7) is 6.31. The zero-order chi connectivity index (χ0) is 21.3. The van der Waals surface area contributed by atoms with Crippen molar-refractivity contribution in [2.45, 2.75) is 38.8 Å². The van der Waals surface area contributed by atoms with E-state index in [-0.39, 0.29) is 16.7 Å². The molecule has 10 heteroatoms. The largest absolute Gasteiger partial charge is 0.444 e. The van der Waals surface area contributed by atoms with Crippen LogP contribution in [0.15, 0.2) is 18.2 Å². The number of carbonyl (C=O) groups is 2. The molecule has 3 N–H and O–H groups in total. The van der Waals surface area contributed by atoms with Gasteiger partial charge in [-0.1, -0.05) is 17.4 Å². The zero-order valence-corrected chi connectivity index (χ0v) is 17.1. The van der Waals surface area contributed by atoms with Gasteiger partial charge in [-0.05, 0) is 39.3 Å². The van der Waals surface area contributed by atoms with E-state index in [9.17, 15) is 18.4 Å². The molecule has 1 aliphatic heterocycles. The van der Waals surface area contributed by atoms with E-state index in [1.807, 2.05) is 0 Å². The van der Waals surface area contributed by atoms with Crippen LogP contribution in [0.5, 0.6) is 0 Å². The predicted octanol–water partition coefficient (Wildman–Crippen LogP) is 3.66. The molecule has 2 heterocycles. The minimum absolute atomic E-state index is 0.0431. The van der Waals surface area contributed by atoms with Crippen molar-refractivity contribution in [2.75, 3.05) is 24.1 Å². The van der Waals surface area contributed by atoms with E-state index in [2.05, 4.69) is 10.3 Å². The fourth-order valence-electron chi connectivity index (χ4n) is 2.93. The van der Waals surface area contributed by atoms with Gasteiger partial charge >= 0.3 is 6.09 Å². The zero-order valence-electron chi connectivity index (χ0n) is 16.3. The van der Waals surface area contributed by atoms with E-state index >= 15 is 0 Å². The number of carbonyl (C=O) groups excluding carboxylic acids is 2. The lowest BCUT2D eigenvalue weighted by atomic mass is 10.1. The van der Waals surface area contributed by atoms with Gasteiger partial charge in [-0.2, -0.15) is 0 Å². The highest BCUT2D eigenvalue weighted by Crippen LogP contribution is 2.30. The van der Waals surface area contributed by atoms with E-state index in [1.54, 1.807) is 25.7 Å². The van der Waals surface area contributed by atoms with Gasteiger partial charge in [-0.25, -0.2) is 18.6 Å². The van der Waals surface area contributed by atoms with Crippen molar-refractivity contribution in [2.24, 2.45) is 0 Å². The van der Waals surface area contributed by atoms with Crippen LogP contribution in [0.25, 0.3) is 0 Å². The lowest BCUT2D eigenvalue weighted by molar-refractivity contribution is 0.0293. The predicted molar refractivity (Wildman–Crippen MR) is 106 cm³/mol. The first-order chi connectivity index (χ1) is 13.5. The summed E-state index contributed by atoms with van der Waals surface area (Å²) in [6.07, 6.45) is 0.260. The molecule has 1 aromatic heterocycles. The smallest absolute Gasteiger partial charge is 0.410 e. The van der Waals surface area contributed by atoms with Crippen LogP contribution in [0.3, 0.4) is 0 Å². The van der Waals surface area contributed by atoms with Crippen LogP contribution in [0, 0.1) is 11.6 Å². The molecule has 0 bridgehead atoms. The number of aromatic nitrogens is 1. The summed E-state index contributed by atoms with van der Waals surface area (Å²) >= 11 is 0.922. The highest BCUT2D eigenvalue weighted by molar-refractivity contribution is 7.18. The molecule has 29 heavy (non-hydrogen) atoms. The van der Waals surface area contributed by atoms with Gasteiger partial charge in [-0.3, -0.25) is 4.79 Å². The Labute approximate surface area is 170 Å². The summed E-state index contributed by atoms with van der Waals surface area (Å²) in [6, 6.07) is 3.09. The first-order valence-corrected chi connectivity index (χ1v) is 9.86. The second-order valence-electron chi connectivity index (χ2n) is 7.72. The number of anilines is 2. The van der Waals surface area contributed by atoms with Crippen molar-refractivity contribution in [1.82, 2.24) is 9.88 Å². The maximum atomic E-state index is 13.9. The number of ketones is 1. The van der Waals surface area contributed by atoms with Crippen LogP contribution >= 0.6 is 11.3 Å². The summed E-state index contributed by atoms with van der Waals surface area (Å²) < 4.78 is 33.2. The van der Waals surface area contributed by atoms with Crippen LogP contribution < -0.4 is 11.1 Å². The number of likely N-dealkylation sites (tertiary alicyclic amines) is 1. The molecule has 0 spiro atoms. The van der Waals surface area contributed by atoms with Gasteiger partial charge in [0.2, 0.25) is 5.78 Å². The maximum Gasteiger partial charge on any atom is 0.410 e. The third-order valence-electron chi connectivity index (χ3n) is 4.22. The molecular weight excluding hydrogens is 402 g/mol. The van der Waals surface area contributed by atoms with Crippen LogP contribution in [-0.2, 0) is 4.74 Å². The lowest BCUT2D eigenvalue weighted by Gasteiger charge is -2.24. The van der Waals surface area contributed by atoms with Crippen molar-refractivity contribution >= 4 is 34.2 Å². The number of nitrogens with two attached hydrogens (primary N) is 1. The average Bonchev–Trinajstić information content (AvgIpc) is 3.20. The fraction of sp³-hybridized carbons (Fsp3) is 0.421. The molecule has 1 aromatic carbocycles. The Balaban J connectivity index is 1.69. The summed E-state index contributed by atoms with van der Waals surface area (Å²) in [4.78, 5) is 30.3. The highest BCUT2D eigenvalue weighted by Gasteiger charge is 2.31. The number of thiazole rings is 1. The molecule has 0 unspecified atom stereocenters. The van der Waals surface area contributed by atoms with E-state index in [0.717, 1.165) is 23.5 Å². The normalized spacial score (nSPS) is 16.7. The number of halogens is 2. The van der Waals surface area contributed by atoms with Gasteiger partial charge in [0.05, 0.1) is 5.56 Å². The Morgan fingerprint density at radius 2 is 1.97 bits per heavy atom. The van der Waals surface area contributed by atoms with Crippen molar-refractivity contribution in [3.05, 3.63) is 40.3 Å². The third-order valence-corrected chi connectivity index (χ3v) is 5.22. The minimum atomic E-state index is -0.957. The Kier molecular flexibility index (Phi) is 5.74. The Bertz CT molecular complexity index is 922. The quantitative estimate of drug-likeness (QED) is 0.727. The number of ether oxygens (including phenoxy) is 1. The van der Waals surface area contributed by atoms with Gasteiger partial charge in [0.15, 0.2) is 5.13 Å². The van der Waals surface area contributed by atoms with E-state index in [1.165, 1.54) is 6.07 Å². The molecule has 7 nitrogen and oxygen atoms in total. The minimum Gasteiger partial charge on any atom is -0.444 e. The number of benzene rings is 1. The van der Waals surface area contributed by atoms with Crippen molar-refractivity contribution in [3.8, 4) is 0 Å². The molecule has 1 atom stereocenters. The van der Waals surface area contributed by atoms with E-state index in [0.29, 0.717) is 24.6 Å². The molecule has 1 saturated heterocycles. The van der Waals surface area contributed by atoms with Crippen LogP contribution in [0.4, 0.5) is 24.5 Å².